The maximum atomic E-state index is 11.4. The van der Waals surface area contributed by atoms with Gasteiger partial charge in [0.1, 0.15) is 11.5 Å². The number of hydrogen-bond acceptors (Lipinski definition) is 4. The summed E-state index contributed by atoms with van der Waals surface area (Å²) in [5, 5.41) is 0. The van der Waals surface area contributed by atoms with Crippen LogP contribution >= 0.6 is 0 Å². The van der Waals surface area contributed by atoms with Gasteiger partial charge in [-0.2, -0.15) is 0 Å². The number of carbonyl (C=O) groups excluding carboxylic acids is 2. The SMILES string of the molecule is COC(=O)c1cnc(C)n1CC(C)C(N)=O. The summed E-state index contributed by atoms with van der Waals surface area (Å²) >= 11 is 0. The van der Waals surface area contributed by atoms with Crippen LogP contribution in [0.2, 0.25) is 0 Å². The molecule has 2 N–H and O–H groups in total. The second-order valence-corrected chi connectivity index (χ2v) is 3.60. The van der Waals surface area contributed by atoms with E-state index in [2.05, 4.69) is 9.72 Å². The number of nitrogens with zero attached hydrogens (tertiary/aromatic N) is 2. The number of esters is 1. The molecule has 0 fully saturated rings. The van der Waals surface area contributed by atoms with Crippen LogP contribution in [0.25, 0.3) is 0 Å². The smallest absolute Gasteiger partial charge is 0.356 e. The Morgan fingerprint density at radius 1 is 1.62 bits per heavy atom. The highest BCUT2D eigenvalue weighted by molar-refractivity contribution is 5.87. The van der Waals surface area contributed by atoms with Crippen molar-refractivity contribution in [2.45, 2.75) is 20.4 Å². The molecule has 1 aromatic heterocycles. The molecule has 0 bridgehead atoms. The summed E-state index contributed by atoms with van der Waals surface area (Å²) in [4.78, 5) is 26.4. The van der Waals surface area contributed by atoms with Gasteiger partial charge in [-0.05, 0) is 6.92 Å². The summed E-state index contributed by atoms with van der Waals surface area (Å²) in [6.07, 6.45) is 1.43. The normalized spacial score (nSPS) is 12.2. The molecule has 0 aliphatic carbocycles. The number of aromatic nitrogens is 2. The van der Waals surface area contributed by atoms with Gasteiger partial charge in [0.25, 0.3) is 0 Å². The van der Waals surface area contributed by atoms with Gasteiger partial charge in [-0.1, -0.05) is 6.92 Å². The predicted molar refractivity (Wildman–Crippen MR) is 56.7 cm³/mol. The Morgan fingerprint density at radius 2 is 2.25 bits per heavy atom. The molecule has 1 unspecified atom stereocenters. The largest absolute Gasteiger partial charge is 0.464 e. The molecule has 0 aliphatic heterocycles. The maximum Gasteiger partial charge on any atom is 0.356 e. The number of nitrogens with two attached hydrogens (primary N) is 1. The van der Waals surface area contributed by atoms with E-state index in [1.54, 1.807) is 18.4 Å². The Hall–Kier alpha value is -1.85. The summed E-state index contributed by atoms with van der Waals surface area (Å²) in [7, 11) is 1.30. The van der Waals surface area contributed by atoms with Gasteiger partial charge in [0.2, 0.25) is 5.91 Å². The summed E-state index contributed by atoms with van der Waals surface area (Å²) in [5.74, 6) is -0.606. The lowest BCUT2D eigenvalue weighted by Crippen LogP contribution is -2.26. The number of primary amides is 1. The number of amides is 1. The molecule has 0 saturated carbocycles. The quantitative estimate of drug-likeness (QED) is 0.736. The van der Waals surface area contributed by atoms with Crippen molar-refractivity contribution in [2.24, 2.45) is 11.7 Å². The number of carbonyl (C=O) groups is 2. The minimum atomic E-state index is -0.475. The lowest BCUT2D eigenvalue weighted by atomic mass is 10.1. The lowest BCUT2D eigenvalue weighted by molar-refractivity contribution is -0.121. The van der Waals surface area contributed by atoms with E-state index in [0.717, 1.165) is 0 Å². The molecule has 1 heterocycles. The highest BCUT2D eigenvalue weighted by Gasteiger charge is 2.18. The van der Waals surface area contributed by atoms with Gasteiger partial charge < -0.3 is 15.0 Å². The van der Waals surface area contributed by atoms with Gasteiger partial charge >= 0.3 is 5.97 Å². The zero-order chi connectivity index (χ0) is 12.3. The van der Waals surface area contributed by atoms with Crippen LogP contribution in [0.5, 0.6) is 0 Å². The molecule has 16 heavy (non-hydrogen) atoms. The second kappa shape index (κ2) is 4.78. The number of ether oxygens (including phenoxy) is 1. The van der Waals surface area contributed by atoms with Crippen molar-refractivity contribution in [3.63, 3.8) is 0 Å². The van der Waals surface area contributed by atoms with Crippen LogP contribution in [0.3, 0.4) is 0 Å². The Balaban J connectivity index is 2.98. The first-order valence-corrected chi connectivity index (χ1v) is 4.87. The van der Waals surface area contributed by atoms with Crippen molar-refractivity contribution in [3.8, 4) is 0 Å². The number of methoxy groups -OCH3 is 1. The van der Waals surface area contributed by atoms with Crippen LogP contribution in [0, 0.1) is 12.8 Å². The van der Waals surface area contributed by atoms with Crippen molar-refractivity contribution in [3.05, 3.63) is 17.7 Å². The van der Waals surface area contributed by atoms with Crippen molar-refractivity contribution in [1.29, 1.82) is 0 Å². The third-order valence-electron chi connectivity index (χ3n) is 2.39. The fraction of sp³-hybridized carbons (Fsp3) is 0.500. The molecule has 0 saturated heterocycles. The van der Waals surface area contributed by atoms with Crippen LogP contribution in [-0.2, 0) is 16.1 Å². The molecule has 1 amide bonds. The van der Waals surface area contributed by atoms with E-state index >= 15 is 0 Å². The molecule has 0 radical (unpaired) electrons. The summed E-state index contributed by atoms with van der Waals surface area (Å²) in [5.41, 5.74) is 5.50. The van der Waals surface area contributed by atoms with Gasteiger partial charge in [-0.15, -0.1) is 0 Å². The molecule has 1 rings (SSSR count). The Morgan fingerprint density at radius 3 is 2.75 bits per heavy atom. The van der Waals surface area contributed by atoms with Crippen LogP contribution in [0.15, 0.2) is 6.20 Å². The molecule has 0 spiro atoms. The number of hydrogen-bond donors (Lipinski definition) is 1. The second-order valence-electron chi connectivity index (χ2n) is 3.60. The van der Waals surface area contributed by atoms with E-state index in [1.165, 1.54) is 13.3 Å². The molecule has 88 valence electrons. The van der Waals surface area contributed by atoms with Gasteiger partial charge in [0, 0.05) is 6.54 Å². The topological polar surface area (TPSA) is 87.2 Å². The number of imidazole rings is 1. The number of aryl methyl sites for hydroxylation is 1. The first-order chi connectivity index (χ1) is 7.47. The summed E-state index contributed by atoms with van der Waals surface area (Å²) in [6.45, 7) is 3.77. The van der Waals surface area contributed by atoms with Crippen molar-refractivity contribution >= 4 is 11.9 Å². The zero-order valence-corrected chi connectivity index (χ0v) is 9.56. The first-order valence-electron chi connectivity index (χ1n) is 4.87. The molecule has 6 heteroatoms. The fourth-order valence-corrected chi connectivity index (χ4v) is 1.33. The predicted octanol–water partition coefficient (Wildman–Crippen LogP) is 0.0995. The Labute approximate surface area is 93.4 Å². The molecule has 6 nitrogen and oxygen atoms in total. The van der Waals surface area contributed by atoms with Gasteiger partial charge in [-0.3, -0.25) is 4.79 Å². The van der Waals surface area contributed by atoms with Crippen LogP contribution in [0.1, 0.15) is 23.2 Å². The zero-order valence-electron chi connectivity index (χ0n) is 9.56. The third kappa shape index (κ3) is 2.39. The van der Waals surface area contributed by atoms with Gasteiger partial charge in [0.05, 0.1) is 19.2 Å². The van der Waals surface area contributed by atoms with E-state index in [4.69, 9.17) is 5.73 Å². The number of rotatable bonds is 4. The van der Waals surface area contributed by atoms with E-state index in [1.807, 2.05) is 0 Å². The van der Waals surface area contributed by atoms with Crippen LogP contribution in [-0.4, -0.2) is 28.5 Å². The molecule has 0 aliphatic rings. The highest BCUT2D eigenvalue weighted by Crippen LogP contribution is 2.10. The summed E-state index contributed by atoms with van der Waals surface area (Å²) in [6, 6.07) is 0. The van der Waals surface area contributed by atoms with Crippen molar-refractivity contribution in [1.82, 2.24) is 9.55 Å². The summed E-state index contributed by atoms with van der Waals surface area (Å²) < 4.78 is 6.24. The third-order valence-corrected chi connectivity index (χ3v) is 2.39. The van der Waals surface area contributed by atoms with Crippen molar-refractivity contribution in [2.75, 3.05) is 7.11 Å². The van der Waals surface area contributed by atoms with E-state index in [9.17, 15) is 9.59 Å². The van der Waals surface area contributed by atoms with Crippen molar-refractivity contribution < 1.29 is 14.3 Å². The molecule has 1 atom stereocenters. The minimum Gasteiger partial charge on any atom is -0.464 e. The fourth-order valence-electron chi connectivity index (χ4n) is 1.33. The van der Waals surface area contributed by atoms with Gasteiger partial charge in [0.15, 0.2) is 0 Å². The van der Waals surface area contributed by atoms with Crippen LogP contribution < -0.4 is 5.73 Å². The van der Waals surface area contributed by atoms with Crippen LogP contribution in [0.4, 0.5) is 0 Å². The van der Waals surface area contributed by atoms with E-state index in [-0.39, 0.29) is 5.92 Å². The first kappa shape index (κ1) is 12.2. The lowest BCUT2D eigenvalue weighted by Gasteiger charge is -2.12. The average Bonchev–Trinajstić information content (AvgIpc) is 2.59. The molecule has 1 aromatic rings. The van der Waals surface area contributed by atoms with E-state index in [0.29, 0.717) is 18.1 Å². The minimum absolute atomic E-state index is 0.325. The Kier molecular flexibility index (Phi) is 3.65. The van der Waals surface area contributed by atoms with Gasteiger partial charge in [-0.25, -0.2) is 9.78 Å². The molecule has 0 aromatic carbocycles. The van der Waals surface area contributed by atoms with E-state index < -0.39 is 11.9 Å². The molecular weight excluding hydrogens is 210 g/mol. The monoisotopic (exact) mass is 225 g/mol. The highest BCUT2D eigenvalue weighted by atomic mass is 16.5. The average molecular weight is 225 g/mol. The molecular formula is C10H15N3O3. The maximum absolute atomic E-state index is 11.4. The Bertz CT molecular complexity index is 411. The standard InChI is InChI=1S/C10H15N3O3/c1-6(9(11)14)5-13-7(2)12-4-8(13)10(15)16-3/h4,6H,5H2,1-3H3,(H2,11,14).